The van der Waals surface area contributed by atoms with Crippen LogP contribution in [-0.2, 0) is 11.3 Å². The van der Waals surface area contributed by atoms with E-state index in [1.165, 1.54) is 6.42 Å². The molecule has 0 radical (unpaired) electrons. The van der Waals surface area contributed by atoms with Crippen molar-refractivity contribution in [1.29, 1.82) is 0 Å². The summed E-state index contributed by atoms with van der Waals surface area (Å²) in [6, 6.07) is 8.06. The number of hydrogen-bond acceptors (Lipinski definition) is 3. The summed E-state index contributed by atoms with van der Waals surface area (Å²) in [6.07, 6.45) is 4.88. The predicted molar refractivity (Wildman–Crippen MR) is 102 cm³/mol. The second-order valence-corrected chi connectivity index (χ2v) is 6.27. The Labute approximate surface area is 155 Å². The number of aromatic nitrogens is 2. The maximum Gasteiger partial charge on any atom is 0.240 e. The maximum atomic E-state index is 12.3. The monoisotopic (exact) mass is 372 g/mol. The van der Waals surface area contributed by atoms with Gasteiger partial charge in [0.05, 0.1) is 16.6 Å². The summed E-state index contributed by atoms with van der Waals surface area (Å²) in [5, 5.41) is 3.01. The van der Waals surface area contributed by atoms with Crippen LogP contribution in [0, 0.1) is 6.92 Å². The van der Waals surface area contributed by atoms with E-state index in [1.54, 1.807) is 0 Å². The molecule has 134 valence electrons. The van der Waals surface area contributed by atoms with Crippen LogP contribution < -0.4 is 11.1 Å². The van der Waals surface area contributed by atoms with Gasteiger partial charge in [-0.05, 0) is 31.9 Å². The van der Waals surface area contributed by atoms with E-state index in [9.17, 15) is 4.79 Å². The third-order valence-electron chi connectivity index (χ3n) is 4.66. The first-order valence-corrected chi connectivity index (χ1v) is 8.09. The highest BCUT2D eigenvalue weighted by Crippen LogP contribution is 2.25. The average Bonchev–Trinajstić information content (AvgIpc) is 2.84. The molecule has 1 heterocycles. The maximum absolute atomic E-state index is 12.3. The van der Waals surface area contributed by atoms with Crippen molar-refractivity contribution < 1.29 is 4.79 Å². The molecule has 1 aromatic carbocycles. The van der Waals surface area contributed by atoms with Crippen molar-refractivity contribution in [2.45, 2.75) is 51.1 Å². The Morgan fingerprint density at radius 1 is 1.25 bits per heavy atom. The van der Waals surface area contributed by atoms with Gasteiger partial charge in [0.2, 0.25) is 5.91 Å². The molecule has 7 heteroatoms. The molecule has 5 nitrogen and oxygen atoms in total. The van der Waals surface area contributed by atoms with Crippen LogP contribution in [0.25, 0.3) is 11.0 Å². The van der Waals surface area contributed by atoms with Crippen molar-refractivity contribution in [3.63, 3.8) is 0 Å². The van der Waals surface area contributed by atoms with Gasteiger partial charge >= 0.3 is 0 Å². The normalized spacial score (nSPS) is 16.1. The second kappa shape index (κ2) is 8.70. The Balaban J connectivity index is 0.00000144. The summed E-state index contributed by atoms with van der Waals surface area (Å²) in [5.74, 6) is 0.963. The summed E-state index contributed by atoms with van der Waals surface area (Å²) >= 11 is 0. The second-order valence-electron chi connectivity index (χ2n) is 6.27. The largest absolute Gasteiger partial charge is 0.353 e. The lowest BCUT2D eigenvalue weighted by Gasteiger charge is -2.31. The van der Waals surface area contributed by atoms with Gasteiger partial charge in [-0.1, -0.05) is 31.4 Å². The first kappa shape index (κ1) is 20.7. The molecule has 0 saturated heterocycles. The van der Waals surface area contributed by atoms with E-state index in [0.717, 1.165) is 42.5 Å². The van der Waals surface area contributed by atoms with Crippen molar-refractivity contribution in [2.24, 2.45) is 5.73 Å². The first-order chi connectivity index (χ1) is 10.6. The van der Waals surface area contributed by atoms with Crippen molar-refractivity contribution in [3.8, 4) is 0 Å². The molecule has 1 amide bonds. The van der Waals surface area contributed by atoms with Crippen LogP contribution in [0.5, 0.6) is 0 Å². The quantitative estimate of drug-likeness (QED) is 0.866. The molecular formula is C17H26Cl2N4O. The fraction of sp³-hybridized carbons (Fsp3) is 0.529. The highest BCUT2D eigenvalue weighted by atomic mass is 35.5. The number of carbonyl (C=O) groups is 1. The number of rotatable bonds is 4. The van der Waals surface area contributed by atoms with E-state index in [2.05, 4.69) is 20.9 Å². The number of carbonyl (C=O) groups excluding carboxylic acids is 1. The van der Waals surface area contributed by atoms with Crippen LogP contribution in [0.4, 0.5) is 0 Å². The molecule has 1 aliphatic carbocycles. The zero-order valence-electron chi connectivity index (χ0n) is 14.0. The average molecular weight is 373 g/mol. The SMILES string of the molecule is Cc1nc2ccccc2n1CCNC(=O)C1(N)CCCCC1.Cl.Cl. The third kappa shape index (κ3) is 4.21. The van der Waals surface area contributed by atoms with Gasteiger partial charge < -0.3 is 15.6 Å². The molecule has 3 rings (SSSR count). The molecule has 3 N–H and O–H groups in total. The van der Waals surface area contributed by atoms with Crippen molar-refractivity contribution in [2.75, 3.05) is 6.54 Å². The summed E-state index contributed by atoms with van der Waals surface area (Å²) in [4.78, 5) is 16.9. The third-order valence-corrected chi connectivity index (χ3v) is 4.66. The fourth-order valence-corrected chi connectivity index (χ4v) is 3.35. The lowest BCUT2D eigenvalue weighted by molar-refractivity contribution is -0.127. The van der Waals surface area contributed by atoms with E-state index in [4.69, 9.17) is 5.73 Å². The van der Waals surface area contributed by atoms with E-state index < -0.39 is 5.54 Å². The minimum absolute atomic E-state index is 0. The molecule has 1 saturated carbocycles. The molecule has 0 bridgehead atoms. The molecule has 0 atom stereocenters. The van der Waals surface area contributed by atoms with Gasteiger partial charge in [-0.3, -0.25) is 4.79 Å². The topological polar surface area (TPSA) is 72.9 Å². The lowest BCUT2D eigenvalue weighted by Crippen LogP contribution is -2.55. The molecule has 2 aromatic rings. The number of benzene rings is 1. The number of halogens is 2. The molecule has 1 aromatic heterocycles. The number of hydrogen-bond donors (Lipinski definition) is 2. The Morgan fingerprint density at radius 2 is 1.92 bits per heavy atom. The molecular weight excluding hydrogens is 347 g/mol. The van der Waals surface area contributed by atoms with Crippen LogP contribution in [0.1, 0.15) is 37.9 Å². The van der Waals surface area contributed by atoms with Crippen LogP contribution in [0.2, 0.25) is 0 Å². The molecule has 24 heavy (non-hydrogen) atoms. The smallest absolute Gasteiger partial charge is 0.240 e. The van der Waals surface area contributed by atoms with E-state index in [1.807, 2.05) is 25.1 Å². The Bertz CT molecular complexity index is 680. The number of imidazole rings is 1. The van der Waals surface area contributed by atoms with Gasteiger partial charge in [0.25, 0.3) is 0 Å². The highest BCUT2D eigenvalue weighted by molar-refractivity contribution is 5.86. The Hall–Kier alpha value is -1.30. The summed E-state index contributed by atoms with van der Waals surface area (Å²) in [6.45, 7) is 3.29. The van der Waals surface area contributed by atoms with Gasteiger partial charge in [-0.2, -0.15) is 0 Å². The number of nitrogens with two attached hydrogens (primary N) is 1. The molecule has 1 aliphatic rings. The Morgan fingerprint density at radius 3 is 2.62 bits per heavy atom. The summed E-state index contributed by atoms with van der Waals surface area (Å²) < 4.78 is 2.14. The van der Waals surface area contributed by atoms with E-state index >= 15 is 0 Å². The first-order valence-electron chi connectivity index (χ1n) is 8.09. The number of fused-ring (bicyclic) bond motifs is 1. The van der Waals surface area contributed by atoms with E-state index in [-0.39, 0.29) is 30.7 Å². The standard InChI is InChI=1S/C17H24N4O.2ClH/c1-13-20-14-7-3-4-8-15(14)21(13)12-11-19-16(22)17(18)9-5-2-6-10-17;;/h3-4,7-8H,2,5-6,9-12,18H2,1H3,(H,19,22);2*1H. The van der Waals surface area contributed by atoms with Crippen LogP contribution in [-0.4, -0.2) is 27.5 Å². The van der Waals surface area contributed by atoms with Crippen molar-refractivity contribution in [3.05, 3.63) is 30.1 Å². The molecule has 0 unspecified atom stereocenters. The number of nitrogens with one attached hydrogen (secondary N) is 1. The Kier molecular flexibility index (Phi) is 7.52. The lowest BCUT2D eigenvalue weighted by atomic mass is 9.82. The molecule has 0 aliphatic heterocycles. The van der Waals surface area contributed by atoms with Gasteiger partial charge in [-0.15, -0.1) is 24.8 Å². The van der Waals surface area contributed by atoms with Gasteiger partial charge in [0, 0.05) is 13.1 Å². The minimum Gasteiger partial charge on any atom is -0.353 e. The van der Waals surface area contributed by atoms with E-state index in [0.29, 0.717) is 13.1 Å². The summed E-state index contributed by atoms with van der Waals surface area (Å²) in [5.41, 5.74) is 7.69. The molecule has 1 fully saturated rings. The minimum atomic E-state index is -0.662. The highest BCUT2D eigenvalue weighted by Gasteiger charge is 2.34. The zero-order chi connectivity index (χ0) is 15.6. The zero-order valence-corrected chi connectivity index (χ0v) is 15.6. The van der Waals surface area contributed by atoms with Crippen LogP contribution >= 0.6 is 24.8 Å². The summed E-state index contributed by atoms with van der Waals surface area (Å²) in [7, 11) is 0. The number of para-hydroxylation sites is 2. The number of aryl methyl sites for hydroxylation is 1. The predicted octanol–water partition coefficient (Wildman–Crippen LogP) is 2.97. The van der Waals surface area contributed by atoms with Crippen LogP contribution in [0.3, 0.4) is 0 Å². The fourth-order valence-electron chi connectivity index (χ4n) is 3.35. The number of amides is 1. The van der Waals surface area contributed by atoms with Gasteiger partial charge in [0.15, 0.2) is 0 Å². The van der Waals surface area contributed by atoms with Gasteiger partial charge in [-0.25, -0.2) is 4.98 Å². The van der Waals surface area contributed by atoms with Crippen molar-refractivity contribution >= 4 is 41.8 Å². The van der Waals surface area contributed by atoms with Crippen molar-refractivity contribution in [1.82, 2.24) is 14.9 Å². The van der Waals surface area contributed by atoms with Gasteiger partial charge in [0.1, 0.15) is 5.82 Å². The van der Waals surface area contributed by atoms with Crippen LogP contribution in [0.15, 0.2) is 24.3 Å². The number of nitrogens with zero attached hydrogens (tertiary/aromatic N) is 2. The molecule has 0 spiro atoms.